The van der Waals surface area contributed by atoms with Gasteiger partial charge in [0, 0.05) is 23.7 Å². The van der Waals surface area contributed by atoms with Crippen molar-refractivity contribution in [3.63, 3.8) is 0 Å². The van der Waals surface area contributed by atoms with Crippen LogP contribution in [0, 0.1) is 5.92 Å². The summed E-state index contributed by atoms with van der Waals surface area (Å²) in [6, 6.07) is 3.47. The van der Waals surface area contributed by atoms with Crippen LogP contribution in [0.4, 0.5) is 19.0 Å². The SMILES string of the molecule is Nc1nc2c(c3c1COC3)C[C@H](C(=O)N1CCC[C@@H]3OCc4cc(C(F)(F)F)ccc4[C@@H]31)CC2. The van der Waals surface area contributed by atoms with Gasteiger partial charge in [-0.3, -0.25) is 4.79 Å². The maximum Gasteiger partial charge on any atom is 0.416 e. The van der Waals surface area contributed by atoms with Crippen LogP contribution in [0.2, 0.25) is 0 Å². The fourth-order valence-corrected chi connectivity index (χ4v) is 6.08. The number of hydrogen-bond acceptors (Lipinski definition) is 5. The number of hydrogen-bond donors (Lipinski definition) is 1. The van der Waals surface area contributed by atoms with E-state index in [-0.39, 0.29) is 30.6 Å². The number of fused-ring (bicyclic) bond motifs is 6. The van der Waals surface area contributed by atoms with Crippen LogP contribution in [0.5, 0.6) is 0 Å². The summed E-state index contributed by atoms with van der Waals surface area (Å²) in [6.45, 7) is 1.65. The van der Waals surface area contributed by atoms with Crippen molar-refractivity contribution in [2.45, 2.75) is 70.2 Å². The molecule has 1 fully saturated rings. The smallest absolute Gasteiger partial charge is 0.383 e. The van der Waals surface area contributed by atoms with E-state index >= 15 is 0 Å². The third-order valence-electron chi connectivity index (χ3n) is 7.76. The molecule has 2 aromatic rings. The molecule has 34 heavy (non-hydrogen) atoms. The fourth-order valence-electron chi connectivity index (χ4n) is 6.08. The van der Waals surface area contributed by atoms with Crippen molar-refractivity contribution in [2.75, 3.05) is 12.3 Å². The highest BCUT2D eigenvalue weighted by molar-refractivity contribution is 5.80. The Labute approximate surface area is 195 Å². The number of carbonyl (C=O) groups excluding carboxylic acids is 1. The summed E-state index contributed by atoms with van der Waals surface area (Å²) in [6.07, 6.45) is -1.08. The number of nitrogens with zero attached hydrogens (tertiary/aromatic N) is 2. The first-order chi connectivity index (χ1) is 16.3. The van der Waals surface area contributed by atoms with Gasteiger partial charge in [0.2, 0.25) is 5.91 Å². The third-order valence-corrected chi connectivity index (χ3v) is 7.76. The number of likely N-dealkylation sites (tertiary alicyclic amines) is 1. The van der Waals surface area contributed by atoms with E-state index in [2.05, 4.69) is 4.98 Å². The predicted molar refractivity (Wildman–Crippen MR) is 116 cm³/mol. The lowest BCUT2D eigenvalue weighted by Gasteiger charge is -2.46. The molecular weight excluding hydrogens is 447 g/mol. The highest BCUT2D eigenvalue weighted by Gasteiger charge is 2.43. The van der Waals surface area contributed by atoms with E-state index in [9.17, 15) is 18.0 Å². The van der Waals surface area contributed by atoms with E-state index in [1.807, 2.05) is 4.90 Å². The number of benzene rings is 1. The number of rotatable bonds is 1. The van der Waals surface area contributed by atoms with E-state index in [0.717, 1.165) is 46.9 Å². The first-order valence-electron chi connectivity index (χ1n) is 11.8. The van der Waals surface area contributed by atoms with Gasteiger partial charge in [0.25, 0.3) is 0 Å². The Bertz CT molecular complexity index is 1170. The molecule has 4 heterocycles. The standard InChI is InChI=1S/C25H26F3N3O3/c26-25(27,28)15-4-5-16-14(8-15)10-34-21-2-1-7-31(22(16)21)24(32)13-3-6-20-17(9-13)18-11-33-12-19(18)23(29)30-20/h4-5,8,13,21-22H,1-3,6-7,9-12H2,(H2,29,30)/t13-,21+,22+/m1/s1. The largest absolute Gasteiger partial charge is 0.416 e. The predicted octanol–water partition coefficient (Wildman–Crippen LogP) is 4.08. The molecule has 0 radical (unpaired) electrons. The van der Waals surface area contributed by atoms with Crippen molar-refractivity contribution in [3.8, 4) is 0 Å². The van der Waals surface area contributed by atoms with Crippen LogP contribution in [0.1, 0.15) is 64.4 Å². The summed E-state index contributed by atoms with van der Waals surface area (Å²) < 4.78 is 51.3. The Kier molecular flexibility index (Phi) is 5.11. The number of pyridine rings is 1. The van der Waals surface area contributed by atoms with Gasteiger partial charge in [-0.25, -0.2) is 4.98 Å². The molecule has 6 rings (SSSR count). The second-order valence-corrected chi connectivity index (χ2v) is 9.69. The Hall–Kier alpha value is -2.65. The maximum atomic E-state index is 13.8. The lowest BCUT2D eigenvalue weighted by atomic mass is 9.81. The Morgan fingerprint density at radius 2 is 1.94 bits per heavy atom. The average Bonchev–Trinajstić information content (AvgIpc) is 3.33. The van der Waals surface area contributed by atoms with E-state index in [4.69, 9.17) is 15.2 Å². The lowest BCUT2D eigenvalue weighted by molar-refractivity contribution is -0.149. The number of carbonyl (C=O) groups is 1. The molecule has 0 spiro atoms. The van der Waals surface area contributed by atoms with Crippen LogP contribution in [0.25, 0.3) is 0 Å². The number of nitrogen functional groups attached to an aromatic ring is 1. The van der Waals surface area contributed by atoms with Gasteiger partial charge in [0.1, 0.15) is 5.82 Å². The summed E-state index contributed by atoms with van der Waals surface area (Å²) in [5.74, 6) is 0.353. The number of aryl methyl sites for hydroxylation is 1. The Balaban J connectivity index is 1.30. The van der Waals surface area contributed by atoms with Crippen LogP contribution in [-0.4, -0.2) is 28.4 Å². The topological polar surface area (TPSA) is 77.7 Å². The van der Waals surface area contributed by atoms with Gasteiger partial charge in [0.15, 0.2) is 0 Å². The van der Waals surface area contributed by atoms with Crippen LogP contribution < -0.4 is 5.73 Å². The number of halogens is 3. The number of piperidine rings is 1. The Morgan fingerprint density at radius 1 is 1.12 bits per heavy atom. The number of anilines is 1. The van der Waals surface area contributed by atoms with Gasteiger partial charge in [-0.05, 0) is 66.5 Å². The van der Waals surface area contributed by atoms with E-state index in [1.165, 1.54) is 12.1 Å². The summed E-state index contributed by atoms with van der Waals surface area (Å²) in [7, 11) is 0. The van der Waals surface area contributed by atoms with E-state index in [0.29, 0.717) is 50.4 Å². The molecule has 3 atom stereocenters. The second kappa shape index (κ2) is 7.95. The van der Waals surface area contributed by atoms with Crippen molar-refractivity contribution in [2.24, 2.45) is 5.92 Å². The first-order valence-corrected chi connectivity index (χ1v) is 11.8. The lowest BCUT2D eigenvalue weighted by Crippen LogP contribution is -2.50. The maximum absolute atomic E-state index is 13.8. The van der Waals surface area contributed by atoms with Crippen LogP contribution in [0.3, 0.4) is 0 Å². The van der Waals surface area contributed by atoms with Crippen LogP contribution in [-0.2, 0) is 53.1 Å². The molecule has 0 bridgehead atoms. The first kappa shape index (κ1) is 21.9. The molecule has 6 nitrogen and oxygen atoms in total. The van der Waals surface area contributed by atoms with Crippen LogP contribution >= 0.6 is 0 Å². The summed E-state index contributed by atoms with van der Waals surface area (Å²) in [5.41, 5.74) is 10.7. The number of nitrogens with two attached hydrogens (primary N) is 1. The minimum atomic E-state index is -4.41. The van der Waals surface area contributed by atoms with Gasteiger partial charge in [-0.1, -0.05) is 6.07 Å². The van der Waals surface area contributed by atoms with Gasteiger partial charge in [0.05, 0.1) is 37.5 Å². The molecule has 1 aliphatic carbocycles. The summed E-state index contributed by atoms with van der Waals surface area (Å²) >= 11 is 0. The molecule has 0 saturated carbocycles. The summed E-state index contributed by atoms with van der Waals surface area (Å²) in [5, 5.41) is 0. The molecule has 1 amide bonds. The van der Waals surface area contributed by atoms with Crippen molar-refractivity contribution in [1.82, 2.24) is 9.88 Å². The summed E-state index contributed by atoms with van der Waals surface area (Å²) in [4.78, 5) is 20.3. The molecule has 4 aliphatic rings. The monoisotopic (exact) mass is 473 g/mol. The third kappa shape index (κ3) is 3.48. The quantitative estimate of drug-likeness (QED) is 0.676. The number of amides is 1. The fraction of sp³-hybridized carbons (Fsp3) is 0.520. The molecule has 9 heteroatoms. The molecule has 3 aliphatic heterocycles. The number of alkyl halides is 3. The van der Waals surface area contributed by atoms with Crippen molar-refractivity contribution >= 4 is 11.7 Å². The van der Waals surface area contributed by atoms with Crippen molar-refractivity contribution in [1.29, 1.82) is 0 Å². The molecule has 180 valence electrons. The highest BCUT2D eigenvalue weighted by Crippen LogP contribution is 2.43. The normalized spacial score (nSPS) is 25.9. The molecule has 2 N–H and O–H groups in total. The number of aromatic nitrogens is 1. The average molecular weight is 473 g/mol. The van der Waals surface area contributed by atoms with Gasteiger partial charge < -0.3 is 20.1 Å². The zero-order chi connectivity index (χ0) is 23.6. The zero-order valence-corrected chi connectivity index (χ0v) is 18.7. The van der Waals surface area contributed by atoms with Crippen molar-refractivity contribution in [3.05, 3.63) is 57.3 Å². The second-order valence-electron chi connectivity index (χ2n) is 9.69. The molecule has 1 aromatic heterocycles. The molecular formula is C25H26F3N3O3. The zero-order valence-electron chi connectivity index (χ0n) is 18.7. The molecule has 0 unspecified atom stereocenters. The van der Waals surface area contributed by atoms with E-state index < -0.39 is 11.7 Å². The van der Waals surface area contributed by atoms with Gasteiger partial charge >= 0.3 is 6.18 Å². The minimum absolute atomic E-state index is 0.0428. The van der Waals surface area contributed by atoms with Crippen LogP contribution in [0.15, 0.2) is 18.2 Å². The number of ether oxygens (including phenoxy) is 2. The van der Waals surface area contributed by atoms with Gasteiger partial charge in [-0.15, -0.1) is 0 Å². The molecule has 1 aromatic carbocycles. The van der Waals surface area contributed by atoms with Gasteiger partial charge in [-0.2, -0.15) is 13.2 Å². The Morgan fingerprint density at radius 3 is 2.76 bits per heavy atom. The van der Waals surface area contributed by atoms with Crippen molar-refractivity contribution < 1.29 is 27.4 Å². The molecule has 1 saturated heterocycles. The minimum Gasteiger partial charge on any atom is -0.383 e. The highest BCUT2D eigenvalue weighted by atomic mass is 19.4. The van der Waals surface area contributed by atoms with E-state index in [1.54, 1.807) is 0 Å².